The highest BCUT2D eigenvalue weighted by molar-refractivity contribution is 6.16. The predicted octanol–water partition coefficient (Wildman–Crippen LogP) is 4.27. The minimum Gasteiger partial charge on any atom is -0.439 e. The van der Waals surface area contributed by atoms with E-state index in [4.69, 9.17) is 16.0 Å². The molecule has 114 valence electrons. The third kappa shape index (κ3) is 3.97. The second-order valence-electron chi connectivity index (χ2n) is 5.17. The Bertz CT molecular complexity index is 603. The van der Waals surface area contributed by atoms with Crippen molar-refractivity contribution in [3.63, 3.8) is 0 Å². The normalized spacial score (nSPS) is 11.2. The molecule has 1 aromatic heterocycles. The van der Waals surface area contributed by atoms with Gasteiger partial charge in [0.1, 0.15) is 5.52 Å². The molecule has 0 aliphatic rings. The van der Waals surface area contributed by atoms with Gasteiger partial charge in [-0.1, -0.05) is 26.7 Å². The first-order valence-electron chi connectivity index (χ1n) is 7.44. The van der Waals surface area contributed by atoms with Crippen molar-refractivity contribution in [3.05, 3.63) is 29.7 Å². The van der Waals surface area contributed by atoms with Crippen molar-refractivity contribution in [3.8, 4) is 0 Å². The Morgan fingerprint density at radius 2 is 2.05 bits per heavy atom. The van der Waals surface area contributed by atoms with Gasteiger partial charge in [0.15, 0.2) is 5.58 Å². The Morgan fingerprint density at radius 1 is 1.33 bits per heavy atom. The molecular formula is C16H21ClN2O2. The number of alkyl halides is 1. The lowest BCUT2D eigenvalue weighted by Gasteiger charge is -2.17. The number of aromatic nitrogens is 1. The van der Waals surface area contributed by atoms with Gasteiger partial charge in [-0.05, 0) is 31.0 Å². The van der Waals surface area contributed by atoms with Crippen LogP contribution >= 0.6 is 11.6 Å². The molecule has 2 aromatic rings. The molecule has 1 aromatic carbocycles. The number of carbonyl (C=O) groups excluding carboxylic acids is 1. The highest BCUT2D eigenvalue weighted by Gasteiger charge is 2.14. The fourth-order valence-electron chi connectivity index (χ4n) is 2.43. The zero-order valence-electron chi connectivity index (χ0n) is 12.5. The first-order valence-corrected chi connectivity index (χ1v) is 7.97. The minimum atomic E-state index is -0.0624. The molecule has 0 unspecified atom stereocenters. The van der Waals surface area contributed by atoms with E-state index in [0.717, 1.165) is 31.2 Å². The monoisotopic (exact) mass is 308 g/mol. The van der Waals surface area contributed by atoms with E-state index in [1.54, 1.807) is 18.2 Å². The Labute approximate surface area is 129 Å². The van der Waals surface area contributed by atoms with E-state index in [-0.39, 0.29) is 17.8 Å². The van der Waals surface area contributed by atoms with Gasteiger partial charge >= 0.3 is 0 Å². The molecule has 0 spiro atoms. The van der Waals surface area contributed by atoms with Crippen LogP contribution in [0.15, 0.2) is 22.6 Å². The first kappa shape index (κ1) is 15.8. The molecule has 1 heterocycles. The molecule has 0 saturated carbocycles. The number of hydrogen-bond acceptors (Lipinski definition) is 3. The van der Waals surface area contributed by atoms with Gasteiger partial charge in [-0.25, -0.2) is 4.98 Å². The summed E-state index contributed by atoms with van der Waals surface area (Å²) in [5.41, 5.74) is 1.92. The Balaban J connectivity index is 2.14. The molecule has 5 heteroatoms. The van der Waals surface area contributed by atoms with Crippen LogP contribution in [0.3, 0.4) is 0 Å². The number of oxazole rings is 1. The summed E-state index contributed by atoms with van der Waals surface area (Å²) in [4.78, 5) is 16.5. The van der Waals surface area contributed by atoms with E-state index < -0.39 is 0 Å². The average molecular weight is 309 g/mol. The Morgan fingerprint density at radius 3 is 2.67 bits per heavy atom. The van der Waals surface area contributed by atoms with Crippen molar-refractivity contribution in [1.29, 1.82) is 0 Å². The molecule has 2 rings (SSSR count). The lowest BCUT2D eigenvalue weighted by molar-refractivity contribution is 0.0932. The van der Waals surface area contributed by atoms with Crippen LogP contribution in [0.1, 0.15) is 55.8 Å². The van der Waals surface area contributed by atoms with E-state index in [1.807, 2.05) is 0 Å². The van der Waals surface area contributed by atoms with Gasteiger partial charge in [0.25, 0.3) is 5.91 Å². The molecule has 21 heavy (non-hydrogen) atoms. The molecular weight excluding hydrogens is 288 g/mol. The maximum Gasteiger partial charge on any atom is 0.251 e. The number of nitrogens with zero attached hydrogens (tertiary/aromatic N) is 1. The van der Waals surface area contributed by atoms with E-state index in [2.05, 4.69) is 24.1 Å². The molecule has 0 atom stereocenters. The zero-order chi connectivity index (χ0) is 15.2. The zero-order valence-corrected chi connectivity index (χ0v) is 13.2. The van der Waals surface area contributed by atoms with Crippen molar-refractivity contribution in [2.45, 2.75) is 51.5 Å². The highest BCUT2D eigenvalue weighted by Crippen LogP contribution is 2.18. The van der Waals surface area contributed by atoms with Gasteiger partial charge in [0.2, 0.25) is 5.89 Å². The van der Waals surface area contributed by atoms with E-state index >= 15 is 0 Å². The summed E-state index contributed by atoms with van der Waals surface area (Å²) in [6.07, 6.45) is 4.12. The van der Waals surface area contributed by atoms with Crippen molar-refractivity contribution in [1.82, 2.24) is 10.3 Å². The van der Waals surface area contributed by atoms with E-state index in [1.165, 1.54) is 0 Å². The van der Waals surface area contributed by atoms with Crippen molar-refractivity contribution in [2.24, 2.45) is 0 Å². The third-order valence-corrected chi connectivity index (χ3v) is 3.65. The molecule has 0 saturated heterocycles. The van der Waals surface area contributed by atoms with Crippen LogP contribution in [-0.2, 0) is 5.88 Å². The molecule has 1 N–H and O–H groups in total. The number of rotatable bonds is 7. The number of benzene rings is 1. The molecule has 4 nitrogen and oxygen atoms in total. The van der Waals surface area contributed by atoms with E-state index in [0.29, 0.717) is 17.0 Å². The summed E-state index contributed by atoms with van der Waals surface area (Å²) >= 11 is 5.70. The fourth-order valence-corrected chi connectivity index (χ4v) is 2.54. The van der Waals surface area contributed by atoms with Crippen molar-refractivity contribution in [2.75, 3.05) is 0 Å². The second kappa shape index (κ2) is 7.46. The topological polar surface area (TPSA) is 55.1 Å². The van der Waals surface area contributed by atoms with Crippen molar-refractivity contribution < 1.29 is 9.21 Å². The molecule has 0 aliphatic carbocycles. The molecule has 0 radical (unpaired) electrons. The summed E-state index contributed by atoms with van der Waals surface area (Å²) in [6.45, 7) is 4.26. The quantitative estimate of drug-likeness (QED) is 0.777. The van der Waals surface area contributed by atoms with Gasteiger partial charge in [0, 0.05) is 11.6 Å². The smallest absolute Gasteiger partial charge is 0.251 e. The van der Waals surface area contributed by atoms with Gasteiger partial charge in [-0.15, -0.1) is 11.6 Å². The molecule has 1 amide bonds. The maximum absolute atomic E-state index is 12.3. The highest BCUT2D eigenvalue weighted by atomic mass is 35.5. The molecule has 0 fully saturated rings. The van der Waals surface area contributed by atoms with Crippen LogP contribution in [0.5, 0.6) is 0 Å². The van der Waals surface area contributed by atoms with Crippen LogP contribution in [0, 0.1) is 0 Å². The summed E-state index contributed by atoms with van der Waals surface area (Å²) in [5, 5.41) is 3.09. The number of amides is 1. The maximum atomic E-state index is 12.3. The predicted molar refractivity (Wildman–Crippen MR) is 84.6 cm³/mol. The molecule has 0 bridgehead atoms. The second-order valence-corrected chi connectivity index (χ2v) is 5.44. The third-order valence-electron chi connectivity index (χ3n) is 3.42. The Kier molecular flexibility index (Phi) is 5.62. The SMILES string of the molecule is CCCC(CCC)NC(=O)c1ccc2nc(CCl)oc2c1. The van der Waals surface area contributed by atoms with E-state index in [9.17, 15) is 4.79 Å². The van der Waals surface area contributed by atoms with Gasteiger partial charge < -0.3 is 9.73 Å². The summed E-state index contributed by atoms with van der Waals surface area (Å²) in [5.74, 6) is 0.636. The van der Waals surface area contributed by atoms with Crippen molar-refractivity contribution >= 4 is 28.6 Å². The number of halogens is 1. The van der Waals surface area contributed by atoms with Gasteiger partial charge in [-0.2, -0.15) is 0 Å². The van der Waals surface area contributed by atoms with Crippen LogP contribution in [-0.4, -0.2) is 16.9 Å². The fraction of sp³-hybridized carbons (Fsp3) is 0.500. The van der Waals surface area contributed by atoms with Crippen LogP contribution < -0.4 is 5.32 Å². The number of hydrogen-bond donors (Lipinski definition) is 1. The van der Waals surface area contributed by atoms with Crippen LogP contribution in [0.25, 0.3) is 11.1 Å². The lowest BCUT2D eigenvalue weighted by atomic mass is 10.1. The van der Waals surface area contributed by atoms with Gasteiger partial charge in [0.05, 0.1) is 5.88 Å². The van der Waals surface area contributed by atoms with Crippen LogP contribution in [0.2, 0.25) is 0 Å². The summed E-state index contributed by atoms with van der Waals surface area (Å²) < 4.78 is 5.48. The number of nitrogens with one attached hydrogen (secondary N) is 1. The molecule has 0 aliphatic heterocycles. The average Bonchev–Trinajstić information content (AvgIpc) is 2.89. The standard InChI is InChI=1S/C16H21ClN2O2/c1-3-5-12(6-4-2)18-16(20)11-7-8-13-14(9-11)21-15(10-17)19-13/h7-9,12H,3-6,10H2,1-2H3,(H,18,20). The summed E-state index contributed by atoms with van der Waals surface area (Å²) in [7, 11) is 0. The first-order chi connectivity index (χ1) is 10.2. The van der Waals surface area contributed by atoms with Crippen LogP contribution in [0.4, 0.5) is 0 Å². The number of fused-ring (bicyclic) bond motifs is 1. The minimum absolute atomic E-state index is 0.0624. The lowest BCUT2D eigenvalue weighted by Crippen LogP contribution is -2.34. The summed E-state index contributed by atoms with van der Waals surface area (Å²) in [6, 6.07) is 5.52. The number of carbonyl (C=O) groups is 1. The largest absolute Gasteiger partial charge is 0.439 e. The Hall–Kier alpha value is -1.55. The van der Waals surface area contributed by atoms with Gasteiger partial charge in [-0.3, -0.25) is 4.79 Å².